The molecule has 2 heteroatoms. The lowest BCUT2D eigenvalue weighted by Gasteiger charge is -2.41. The summed E-state index contributed by atoms with van der Waals surface area (Å²) in [6, 6.07) is 0. The predicted molar refractivity (Wildman–Crippen MR) is 60.5 cm³/mol. The first-order valence-corrected chi connectivity index (χ1v) is 9.08. The molecule has 1 nitrogen and oxygen atoms in total. The Kier molecular flexibility index (Phi) is 3.58. The molecule has 0 aromatic rings. The van der Waals surface area contributed by atoms with Crippen LogP contribution in [-0.4, -0.2) is 13.9 Å². The highest BCUT2D eigenvalue weighted by Crippen LogP contribution is 2.36. The molecule has 0 N–H and O–H groups in total. The van der Waals surface area contributed by atoms with E-state index in [0.29, 0.717) is 0 Å². The van der Waals surface area contributed by atoms with Gasteiger partial charge in [-0.25, -0.2) is 0 Å². The molecule has 0 unspecified atom stereocenters. The van der Waals surface area contributed by atoms with Crippen LogP contribution in [-0.2, 0) is 4.43 Å². The molecule has 0 aliphatic heterocycles. The van der Waals surface area contributed by atoms with Gasteiger partial charge < -0.3 is 4.43 Å². The summed E-state index contributed by atoms with van der Waals surface area (Å²) >= 11 is 0. The minimum absolute atomic E-state index is 0.267. The molecule has 0 aromatic carbocycles. The second kappa shape index (κ2) is 4.14. The zero-order valence-electron chi connectivity index (χ0n) is 9.65. The van der Waals surface area contributed by atoms with E-state index in [1.165, 1.54) is 38.5 Å². The van der Waals surface area contributed by atoms with Crippen molar-refractivity contribution >= 4 is 8.32 Å². The van der Waals surface area contributed by atoms with E-state index in [4.69, 9.17) is 4.43 Å². The Morgan fingerprint density at radius 3 is 2.00 bits per heavy atom. The van der Waals surface area contributed by atoms with Crippen molar-refractivity contribution in [1.29, 1.82) is 0 Å². The third-order valence-electron chi connectivity index (χ3n) is 2.93. The highest BCUT2D eigenvalue weighted by molar-refractivity contribution is 6.69. The largest absolute Gasteiger partial charge is 0.412 e. The summed E-state index contributed by atoms with van der Waals surface area (Å²) in [6.07, 6.45) is 7.96. The Hall–Kier alpha value is 0.177. The van der Waals surface area contributed by atoms with Crippen LogP contribution in [0.15, 0.2) is 0 Å². The molecule has 0 bridgehead atoms. The lowest BCUT2D eigenvalue weighted by Crippen LogP contribution is -2.43. The molecule has 0 heterocycles. The minimum Gasteiger partial charge on any atom is -0.412 e. The Morgan fingerprint density at radius 1 is 1.08 bits per heavy atom. The highest BCUT2D eigenvalue weighted by atomic mass is 28.4. The van der Waals surface area contributed by atoms with Gasteiger partial charge in [0, 0.05) is 0 Å². The molecule has 1 rings (SSSR count). The number of hydrogen-bond acceptors (Lipinski definition) is 1. The minimum atomic E-state index is -1.34. The van der Waals surface area contributed by atoms with E-state index >= 15 is 0 Å². The van der Waals surface area contributed by atoms with Gasteiger partial charge in [0.2, 0.25) is 0 Å². The Balaban J connectivity index is 2.57. The fourth-order valence-corrected chi connectivity index (χ4v) is 4.02. The molecular formula is C11H24OSi. The summed E-state index contributed by atoms with van der Waals surface area (Å²) in [7, 11) is -1.34. The summed E-state index contributed by atoms with van der Waals surface area (Å²) in [5.41, 5.74) is 0.267. The standard InChI is InChI=1S/C11H24OSi/c1-5-11(12-13(2,3)4)9-7-6-8-10-11/h5-10H2,1-4H3. The molecule has 0 saturated heterocycles. The van der Waals surface area contributed by atoms with Gasteiger partial charge in [-0.1, -0.05) is 26.2 Å². The van der Waals surface area contributed by atoms with Gasteiger partial charge in [0.15, 0.2) is 8.32 Å². The lowest BCUT2D eigenvalue weighted by molar-refractivity contribution is 0.0190. The van der Waals surface area contributed by atoms with Gasteiger partial charge in [-0.15, -0.1) is 0 Å². The Bertz CT molecular complexity index is 154. The second-order valence-electron chi connectivity index (χ2n) is 5.31. The van der Waals surface area contributed by atoms with E-state index in [1.54, 1.807) is 0 Å². The lowest BCUT2D eigenvalue weighted by atomic mass is 9.83. The molecule has 1 saturated carbocycles. The van der Waals surface area contributed by atoms with Gasteiger partial charge in [-0.2, -0.15) is 0 Å². The Morgan fingerprint density at radius 2 is 1.62 bits per heavy atom. The van der Waals surface area contributed by atoms with Gasteiger partial charge in [0.25, 0.3) is 0 Å². The van der Waals surface area contributed by atoms with Crippen LogP contribution >= 0.6 is 0 Å². The summed E-state index contributed by atoms with van der Waals surface area (Å²) in [5.74, 6) is 0. The molecule has 13 heavy (non-hydrogen) atoms. The van der Waals surface area contributed by atoms with Crippen molar-refractivity contribution in [2.45, 2.75) is 70.7 Å². The second-order valence-corrected chi connectivity index (χ2v) is 9.74. The Labute approximate surface area is 84.0 Å². The van der Waals surface area contributed by atoms with Crippen molar-refractivity contribution in [2.75, 3.05) is 0 Å². The average Bonchev–Trinajstić information content (AvgIpc) is 2.03. The molecule has 0 amide bonds. The smallest absolute Gasteiger partial charge is 0.184 e. The third-order valence-corrected chi connectivity index (χ3v) is 3.98. The maximum Gasteiger partial charge on any atom is 0.184 e. The fourth-order valence-electron chi connectivity index (χ4n) is 2.37. The van der Waals surface area contributed by atoms with E-state index in [0.717, 1.165) is 0 Å². The maximum atomic E-state index is 6.35. The van der Waals surface area contributed by atoms with E-state index in [-0.39, 0.29) is 5.60 Å². The van der Waals surface area contributed by atoms with E-state index < -0.39 is 8.32 Å². The van der Waals surface area contributed by atoms with Crippen LogP contribution < -0.4 is 0 Å². The van der Waals surface area contributed by atoms with E-state index in [9.17, 15) is 0 Å². The maximum absolute atomic E-state index is 6.35. The number of rotatable bonds is 3. The summed E-state index contributed by atoms with van der Waals surface area (Å²) in [5, 5.41) is 0. The van der Waals surface area contributed by atoms with Crippen LogP contribution in [0, 0.1) is 0 Å². The summed E-state index contributed by atoms with van der Waals surface area (Å²) in [6.45, 7) is 9.20. The topological polar surface area (TPSA) is 9.23 Å². The third kappa shape index (κ3) is 3.43. The molecule has 1 aliphatic rings. The summed E-state index contributed by atoms with van der Waals surface area (Å²) < 4.78 is 6.35. The van der Waals surface area contributed by atoms with Crippen LogP contribution in [0.5, 0.6) is 0 Å². The zero-order chi connectivity index (χ0) is 9.95. The first-order chi connectivity index (χ1) is 5.97. The van der Waals surface area contributed by atoms with Crippen molar-refractivity contribution in [3.8, 4) is 0 Å². The monoisotopic (exact) mass is 200 g/mol. The van der Waals surface area contributed by atoms with Gasteiger partial charge in [-0.3, -0.25) is 0 Å². The molecule has 1 fully saturated rings. The van der Waals surface area contributed by atoms with Crippen LogP contribution in [0.2, 0.25) is 19.6 Å². The molecule has 78 valence electrons. The van der Waals surface area contributed by atoms with Crippen LogP contribution in [0.3, 0.4) is 0 Å². The van der Waals surface area contributed by atoms with Crippen molar-refractivity contribution in [1.82, 2.24) is 0 Å². The van der Waals surface area contributed by atoms with Gasteiger partial charge in [0.05, 0.1) is 5.60 Å². The van der Waals surface area contributed by atoms with Gasteiger partial charge in [0.1, 0.15) is 0 Å². The van der Waals surface area contributed by atoms with Gasteiger partial charge >= 0.3 is 0 Å². The summed E-state index contributed by atoms with van der Waals surface area (Å²) in [4.78, 5) is 0. The number of hydrogen-bond donors (Lipinski definition) is 0. The SMILES string of the molecule is CCC1(O[Si](C)(C)C)CCCCC1. The van der Waals surface area contributed by atoms with Crippen molar-refractivity contribution in [2.24, 2.45) is 0 Å². The van der Waals surface area contributed by atoms with Crippen LogP contribution in [0.1, 0.15) is 45.4 Å². The molecule has 0 atom stereocenters. The molecule has 0 spiro atoms. The quantitative estimate of drug-likeness (QED) is 0.627. The van der Waals surface area contributed by atoms with Crippen molar-refractivity contribution in [3.63, 3.8) is 0 Å². The predicted octanol–water partition coefficient (Wildman–Crippen LogP) is 3.95. The van der Waals surface area contributed by atoms with Crippen molar-refractivity contribution < 1.29 is 4.43 Å². The normalized spacial score (nSPS) is 23.1. The van der Waals surface area contributed by atoms with E-state index in [2.05, 4.69) is 26.6 Å². The molecule has 1 aliphatic carbocycles. The van der Waals surface area contributed by atoms with Crippen LogP contribution in [0.4, 0.5) is 0 Å². The molecule has 0 radical (unpaired) electrons. The molecular weight excluding hydrogens is 176 g/mol. The first kappa shape index (κ1) is 11.3. The average molecular weight is 200 g/mol. The van der Waals surface area contributed by atoms with E-state index in [1.807, 2.05) is 0 Å². The van der Waals surface area contributed by atoms with Crippen molar-refractivity contribution in [3.05, 3.63) is 0 Å². The van der Waals surface area contributed by atoms with Gasteiger partial charge in [-0.05, 0) is 38.9 Å². The highest BCUT2D eigenvalue weighted by Gasteiger charge is 2.35. The zero-order valence-corrected chi connectivity index (χ0v) is 10.7. The van der Waals surface area contributed by atoms with Crippen LogP contribution in [0.25, 0.3) is 0 Å². The molecule has 0 aromatic heterocycles. The fraction of sp³-hybridized carbons (Fsp3) is 1.00. The first-order valence-electron chi connectivity index (χ1n) is 5.68.